The maximum absolute atomic E-state index is 13.5. The average molecular weight is 451 g/mol. The second-order valence-electron chi connectivity index (χ2n) is 9.50. The highest BCUT2D eigenvalue weighted by molar-refractivity contribution is 6.22. The molecule has 1 N–H and O–H groups in total. The van der Waals surface area contributed by atoms with Gasteiger partial charge in [-0.15, -0.1) is 0 Å². The van der Waals surface area contributed by atoms with E-state index in [2.05, 4.69) is 5.32 Å². The molecule has 1 unspecified atom stereocenters. The molecule has 7 nitrogen and oxygen atoms in total. The molecule has 1 aliphatic heterocycles. The van der Waals surface area contributed by atoms with Crippen molar-refractivity contribution in [3.63, 3.8) is 0 Å². The van der Waals surface area contributed by atoms with E-state index >= 15 is 0 Å². The summed E-state index contributed by atoms with van der Waals surface area (Å²) in [6.45, 7) is 8.84. The first-order valence-corrected chi connectivity index (χ1v) is 11.0. The zero-order chi connectivity index (χ0) is 24.3. The van der Waals surface area contributed by atoms with E-state index in [-0.39, 0.29) is 23.5 Å². The van der Waals surface area contributed by atoms with Crippen LogP contribution in [0, 0.1) is 5.92 Å². The monoisotopic (exact) mass is 450 g/mol. The van der Waals surface area contributed by atoms with Crippen LogP contribution in [0.1, 0.15) is 60.9 Å². The number of hydrogen-bond acceptors (Lipinski definition) is 5. The first kappa shape index (κ1) is 24.2. The maximum atomic E-state index is 13.5. The highest BCUT2D eigenvalue weighted by Gasteiger charge is 2.43. The number of nitrogens with zero attached hydrogens (tertiary/aromatic N) is 1. The fourth-order valence-electron chi connectivity index (χ4n) is 3.74. The smallest absolute Gasteiger partial charge is 0.329 e. The molecule has 2 atom stereocenters. The predicted molar refractivity (Wildman–Crippen MR) is 123 cm³/mol. The molecule has 3 amide bonds. The second-order valence-corrected chi connectivity index (χ2v) is 9.50. The number of esters is 1. The van der Waals surface area contributed by atoms with Crippen LogP contribution in [0.15, 0.2) is 54.6 Å². The van der Waals surface area contributed by atoms with E-state index in [0.717, 1.165) is 10.5 Å². The van der Waals surface area contributed by atoms with Crippen molar-refractivity contribution in [1.82, 2.24) is 10.2 Å². The Bertz CT molecular complexity index is 1020. The number of hydrogen-bond donors (Lipinski definition) is 1. The number of fused-ring (bicyclic) bond motifs is 1. The van der Waals surface area contributed by atoms with Crippen molar-refractivity contribution >= 4 is 23.7 Å². The molecule has 1 aliphatic rings. The maximum Gasteiger partial charge on any atom is 0.329 e. The minimum absolute atomic E-state index is 0.122. The first-order valence-electron chi connectivity index (χ1n) is 11.0. The summed E-state index contributed by atoms with van der Waals surface area (Å²) < 4.78 is 5.48. The molecule has 0 saturated heterocycles. The van der Waals surface area contributed by atoms with Crippen molar-refractivity contribution < 1.29 is 23.9 Å². The summed E-state index contributed by atoms with van der Waals surface area (Å²) in [5.41, 5.74) is 0.593. The molecule has 0 fully saturated rings. The van der Waals surface area contributed by atoms with Crippen LogP contribution in [0.5, 0.6) is 0 Å². The van der Waals surface area contributed by atoms with Gasteiger partial charge in [0.2, 0.25) is 5.91 Å². The molecule has 0 aliphatic carbocycles. The molecule has 3 rings (SSSR count). The third-order valence-corrected chi connectivity index (χ3v) is 5.34. The quantitative estimate of drug-likeness (QED) is 0.516. The van der Waals surface area contributed by atoms with Crippen LogP contribution in [0.2, 0.25) is 0 Å². The first-order chi connectivity index (χ1) is 15.5. The van der Waals surface area contributed by atoms with Crippen LogP contribution in [0.4, 0.5) is 0 Å². The lowest BCUT2D eigenvalue weighted by Gasteiger charge is -2.30. The number of ether oxygens (including phenoxy) is 1. The third kappa shape index (κ3) is 5.48. The standard InChI is InChI=1S/C26H30N2O5/c1-16(2)21(25(32)33-26(3,4)5)27-22(29)20(15-17-11-7-6-8-12-17)28-23(30)18-13-9-10-14-19(18)24(28)31/h6-14,16,20-21H,15H2,1-5H3,(H,27,29)/t20-,21?/m0/s1. The summed E-state index contributed by atoms with van der Waals surface area (Å²) in [6.07, 6.45) is 0.122. The normalized spacial score (nSPS) is 15.3. The van der Waals surface area contributed by atoms with Crippen LogP contribution in [0.25, 0.3) is 0 Å². The van der Waals surface area contributed by atoms with E-state index in [1.807, 2.05) is 30.3 Å². The molecule has 0 saturated carbocycles. The van der Waals surface area contributed by atoms with Crippen LogP contribution in [-0.4, -0.2) is 46.3 Å². The summed E-state index contributed by atoms with van der Waals surface area (Å²) in [6, 6.07) is 13.6. The van der Waals surface area contributed by atoms with Crippen LogP contribution >= 0.6 is 0 Å². The summed E-state index contributed by atoms with van der Waals surface area (Å²) in [5.74, 6) is -2.46. The predicted octanol–water partition coefficient (Wildman–Crippen LogP) is 3.38. The van der Waals surface area contributed by atoms with Gasteiger partial charge in [0.05, 0.1) is 11.1 Å². The van der Waals surface area contributed by atoms with E-state index in [1.165, 1.54) is 0 Å². The van der Waals surface area contributed by atoms with E-state index < -0.39 is 41.4 Å². The number of amides is 3. The van der Waals surface area contributed by atoms with Crippen molar-refractivity contribution in [2.45, 2.75) is 58.7 Å². The lowest BCUT2D eigenvalue weighted by molar-refractivity contribution is -0.160. The summed E-state index contributed by atoms with van der Waals surface area (Å²) >= 11 is 0. The van der Waals surface area contributed by atoms with E-state index in [4.69, 9.17) is 4.74 Å². The SMILES string of the molecule is CC(C)C(NC(=O)[C@H](Cc1ccccc1)N1C(=O)c2ccccc2C1=O)C(=O)OC(C)(C)C. The molecule has 1 heterocycles. The Kier molecular flexibility index (Phi) is 7.01. The summed E-state index contributed by atoms with van der Waals surface area (Å²) in [5, 5.41) is 2.74. The van der Waals surface area contributed by atoms with Crippen molar-refractivity contribution in [1.29, 1.82) is 0 Å². The Morgan fingerprint density at radius 3 is 1.91 bits per heavy atom. The Morgan fingerprint density at radius 1 is 0.909 bits per heavy atom. The number of carbonyl (C=O) groups excluding carboxylic acids is 4. The van der Waals surface area contributed by atoms with Gasteiger partial charge in [0, 0.05) is 6.42 Å². The fraction of sp³-hybridized carbons (Fsp3) is 0.385. The van der Waals surface area contributed by atoms with Crippen molar-refractivity contribution in [2.24, 2.45) is 5.92 Å². The molecule has 0 aromatic heterocycles. The second kappa shape index (κ2) is 9.57. The molecule has 0 radical (unpaired) electrons. The van der Waals surface area contributed by atoms with E-state index in [0.29, 0.717) is 0 Å². The largest absolute Gasteiger partial charge is 0.458 e. The van der Waals surface area contributed by atoms with Crippen LogP contribution in [-0.2, 0) is 20.7 Å². The molecule has 2 aromatic carbocycles. The van der Waals surface area contributed by atoms with Gasteiger partial charge >= 0.3 is 5.97 Å². The van der Waals surface area contributed by atoms with E-state index in [1.54, 1.807) is 58.9 Å². The minimum Gasteiger partial charge on any atom is -0.458 e. The van der Waals surface area contributed by atoms with Crippen molar-refractivity contribution in [3.8, 4) is 0 Å². The van der Waals surface area contributed by atoms with Gasteiger partial charge in [-0.2, -0.15) is 0 Å². The number of carbonyl (C=O) groups is 4. The van der Waals surface area contributed by atoms with Gasteiger partial charge in [-0.1, -0.05) is 56.3 Å². The molecule has 0 bridgehead atoms. The van der Waals surface area contributed by atoms with Gasteiger partial charge in [0.15, 0.2) is 0 Å². The van der Waals surface area contributed by atoms with E-state index in [9.17, 15) is 19.2 Å². The average Bonchev–Trinajstić information content (AvgIpc) is 3.00. The van der Waals surface area contributed by atoms with Gasteiger partial charge < -0.3 is 10.1 Å². The third-order valence-electron chi connectivity index (χ3n) is 5.34. The van der Waals surface area contributed by atoms with Crippen LogP contribution in [0.3, 0.4) is 0 Å². The highest BCUT2D eigenvalue weighted by atomic mass is 16.6. The number of imide groups is 1. The molecular formula is C26H30N2O5. The van der Waals surface area contributed by atoms with Crippen molar-refractivity contribution in [2.75, 3.05) is 0 Å². The van der Waals surface area contributed by atoms with Gasteiger partial charge in [-0.05, 0) is 44.4 Å². The molecule has 7 heteroatoms. The lowest BCUT2D eigenvalue weighted by atomic mass is 10.0. The Balaban J connectivity index is 1.93. The van der Waals surface area contributed by atoms with Crippen LogP contribution < -0.4 is 5.32 Å². The lowest BCUT2D eigenvalue weighted by Crippen LogP contribution is -2.56. The van der Waals surface area contributed by atoms with Gasteiger partial charge in [0.25, 0.3) is 11.8 Å². The molecular weight excluding hydrogens is 420 g/mol. The number of benzene rings is 2. The summed E-state index contributed by atoms with van der Waals surface area (Å²) in [7, 11) is 0. The zero-order valence-corrected chi connectivity index (χ0v) is 19.6. The molecule has 0 spiro atoms. The zero-order valence-electron chi connectivity index (χ0n) is 19.6. The Hall–Kier alpha value is -3.48. The topological polar surface area (TPSA) is 92.8 Å². The summed E-state index contributed by atoms with van der Waals surface area (Å²) in [4.78, 5) is 53.5. The number of rotatable bonds is 7. The Labute approximate surface area is 194 Å². The minimum atomic E-state index is -1.12. The van der Waals surface area contributed by atoms with Gasteiger partial charge in [-0.3, -0.25) is 19.3 Å². The number of nitrogens with one attached hydrogen (secondary N) is 1. The van der Waals surface area contributed by atoms with Gasteiger partial charge in [-0.25, -0.2) is 4.79 Å². The Morgan fingerprint density at radius 2 is 1.42 bits per heavy atom. The van der Waals surface area contributed by atoms with Gasteiger partial charge in [0.1, 0.15) is 17.7 Å². The molecule has 174 valence electrons. The van der Waals surface area contributed by atoms with Crippen molar-refractivity contribution in [3.05, 3.63) is 71.3 Å². The molecule has 2 aromatic rings. The highest BCUT2D eigenvalue weighted by Crippen LogP contribution is 2.26. The fourth-order valence-corrected chi connectivity index (χ4v) is 3.74. The molecule has 33 heavy (non-hydrogen) atoms.